The van der Waals surface area contributed by atoms with E-state index < -0.39 is 0 Å². The molecule has 6 heteroatoms. The Kier molecular flexibility index (Phi) is 6.66. The minimum absolute atomic E-state index is 0.0248. The molecule has 0 aromatic heterocycles. The molecule has 0 atom stereocenters. The molecule has 5 nitrogen and oxygen atoms in total. The predicted molar refractivity (Wildman–Crippen MR) is 79.0 cm³/mol. The monoisotopic (exact) mass is 330 g/mol. The van der Waals surface area contributed by atoms with Crippen LogP contribution in [-0.2, 0) is 4.79 Å². The molecule has 0 saturated carbocycles. The average Bonchev–Trinajstić information content (AvgIpc) is 2.40. The number of rotatable bonds is 7. The largest absolute Gasteiger partial charge is 0.493 e. The lowest BCUT2D eigenvalue weighted by Gasteiger charge is -2.12. The van der Waals surface area contributed by atoms with Gasteiger partial charge in [0.2, 0.25) is 5.91 Å². The number of benzene rings is 1. The second kappa shape index (κ2) is 8.01. The molecule has 0 aliphatic rings. The summed E-state index contributed by atoms with van der Waals surface area (Å²) < 4.78 is 11.1. The fourth-order valence-corrected chi connectivity index (χ4v) is 2.01. The lowest BCUT2D eigenvalue weighted by Crippen LogP contribution is -2.15. The van der Waals surface area contributed by atoms with Crippen LogP contribution in [0.4, 0.5) is 5.69 Å². The maximum Gasteiger partial charge on any atom is 0.224 e. The Hall–Kier alpha value is -1.27. The molecule has 106 valence electrons. The Morgan fingerprint density at radius 1 is 1.26 bits per heavy atom. The van der Waals surface area contributed by atoms with Crippen molar-refractivity contribution in [3.8, 4) is 11.5 Å². The Labute approximate surface area is 121 Å². The zero-order valence-electron chi connectivity index (χ0n) is 11.4. The first kappa shape index (κ1) is 15.8. The van der Waals surface area contributed by atoms with Crippen LogP contribution in [0.25, 0.3) is 0 Å². The third kappa shape index (κ3) is 4.72. The van der Waals surface area contributed by atoms with E-state index in [2.05, 4.69) is 26.6 Å². The molecular weight excluding hydrogens is 312 g/mol. The van der Waals surface area contributed by atoms with Crippen molar-refractivity contribution >= 4 is 27.5 Å². The molecule has 0 aliphatic heterocycles. The molecule has 0 radical (unpaired) electrons. The van der Waals surface area contributed by atoms with Crippen molar-refractivity contribution in [1.82, 2.24) is 5.32 Å². The number of nitrogens with one attached hydrogen (secondary N) is 2. The number of hydrogen-bond donors (Lipinski definition) is 2. The van der Waals surface area contributed by atoms with Gasteiger partial charge >= 0.3 is 0 Å². The van der Waals surface area contributed by atoms with Gasteiger partial charge in [-0.15, -0.1) is 0 Å². The first-order chi connectivity index (χ1) is 9.12. The van der Waals surface area contributed by atoms with E-state index in [0.717, 1.165) is 17.4 Å². The second-order valence-electron chi connectivity index (χ2n) is 3.94. The van der Waals surface area contributed by atoms with Crippen LogP contribution >= 0.6 is 15.9 Å². The van der Waals surface area contributed by atoms with Gasteiger partial charge in [-0.1, -0.05) is 0 Å². The van der Waals surface area contributed by atoms with E-state index >= 15 is 0 Å². The summed E-state index contributed by atoms with van der Waals surface area (Å²) in [7, 11) is 4.99. The van der Waals surface area contributed by atoms with Crippen LogP contribution in [0, 0.1) is 0 Å². The van der Waals surface area contributed by atoms with Gasteiger partial charge in [0.05, 0.1) is 19.9 Å². The first-order valence-corrected chi connectivity index (χ1v) is 6.77. The SMILES string of the molecule is CNCCCC(=O)Nc1cc(OC)c(OC)cc1Br. The first-order valence-electron chi connectivity index (χ1n) is 5.98. The van der Waals surface area contributed by atoms with E-state index in [9.17, 15) is 4.79 Å². The summed E-state index contributed by atoms with van der Waals surface area (Å²) >= 11 is 3.40. The number of amides is 1. The molecule has 0 unspecified atom stereocenters. The Balaban J connectivity index is 2.75. The van der Waals surface area contributed by atoms with Gasteiger partial charge in [-0.25, -0.2) is 0 Å². The summed E-state index contributed by atoms with van der Waals surface area (Å²) in [5, 5.41) is 5.85. The quantitative estimate of drug-likeness (QED) is 0.754. The summed E-state index contributed by atoms with van der Waals surface area (Å²) in [6.45, 7) is 0.820. The van der Waals surface area contributed by atoms with Crippen molar-refractivity contribution in [2.45, 2.75) is 12.8 Å². The molecule has 0 bridgehead atoms. The van der Waals surface area contributed by atoms with Gasteiger partial charge in [0.25, 0.3) is 0 Å². The van der Waals surface area contributed by atoms with Crippen LogP contribution in [0.2, 0.25) is 0 Å². The van der Waals surface area contributed by atoms with Crippen molar-refractivity contribution in [3.63, 3.8) is 0 Å². The van der Waals surface area contributed by atoms with Gasteiger partial charge in [-0.2, -0.15) is 0 Å². The highest BCUT2D eigenvalue weighted by Crippen LogP contribution is 2.36. The van der Waals surface area contributed by atoms with Crippen LogP contribution in [0.15, 0.2) is 16.6 Å². The molecule has 1 amide bonds. The van der Waals surface area contributed by atoms with Crippen molar-refractivity contribution < 1.29 is 14.3 Å². The fourth-order valence-electron chi connectivity index (χ4n) is 1.59. The van der Waals surface area contributed by atoms with E-state index in [1.54, 1.807) is 26.4 Å². The second-order valence-corrected chi connectivity index (χ2v) is 4.80. The van der Waals surface area contributed by atoms with Crippen molar-refractivity contribution in [2.24, 2.45) is 0 Å². The molecule has 0 aliphatic carbocycles. The number of methoxy groups -OCH3 is 2. The normalized spacial score (nSPS) is 10.1. The third-order valence-corrected chi connectivity index (χ3v) is 3.23. The van der Waals surface area contributed by atoms with E-state index in [1.807, 2.05) is 7.05 Å². The lowest BCUT2D eigenvalue weighted by atomic mass is 10.2. The highest BCUT2D eigenvalue weighted by molar-refractivity contribution is 9.10. The Morgan fingerprint density at radius 2 is 1.89 bits per heavy atom. The number of halogens is 1. The minimum atomic E-state index is -0.0248. The maximum absolute atomic E-state index is 11.8. The fraction of sp³-hybridized carbons (Fsp3) is 0.462. The van der Waals surface area contributed by atoms with Gasteiger partial charge in [0.15, 0.2) is 11.5 Å². The van der Waals surface area contributed by atoms with E-state index in [0.29, 0.717) is 23.6 Å². The molecule has 1 aromatic rings. The van der Waals surface area contributed by atoms with Gasteiger partial charge < -0.3 is 20.1 Å². The number of anilines is 1. The van der Waals surface area contributed by atoms with Crippen LogP contribution in [-0.4, -0.2) is 33.7 Å². The highest BCUT2D eigenvalue weighted by Gasteiger charge is 2.11. The Bertz CT molecular complexity index is 438. The molecule has 19 heavy (non-hydrogen) atoms. The molecule has 2 N–H and O–H groups in total. The standard InChI is InChI=1S/C13H19BrN2O3/c1-15-6-4-5-13(17)16-10-8-12(19-3)11(18-2)7-9(10)14/h7-8,15H,4-6H2,1-3H3,(H,16,17). The number of carbonyl (C=O) groups is 1. The van der Waals surface area contributed by atoms with E-state index in [-0.39, 0.29) is 5.91 Å². The average molecular weight is 331 g/mol. The molecule has 0 heterocycles. The van der Waals surface area contributed by atoms with E-state index in [4.69, 9.17) is 9.47 Å². The summed E-state index contributed by atoms with van der Waals surface area (Å²) in [5.74, 6) is 1.17. The highest BCUT2D eigenvalue weighted by atomic mass is 79.9. The number of ether oxygens (including phenoxy) is 2. The molecule has 1 rings (SSSR count). The minimum Gasteiger partial charge on any atom is -0.493 e. The van der Waals surface area contributed by atoms with Crippen LogP contribution < -0.4 is 20.1 Å². The maximum atomic E-state index is 11.8. The number of hydrogen-bond acceptors (Lipinski definition) is 4. The zero-order chi connectivity index (χ0) is 14.3. The zero-order valence-corrected chi connectivity index (χ0v) is 13.0. The van der Waals surface area contributed by atoms with Gasteiger partial charge in [-0.05, 0) is 35.9 Å². The van der Waals surface area contributed by atoms with Crippen molar-refractivity contribution in [1.29, 1.82) is 0 Å². The summed E-state index contributed by atoms with van der Waals surface area (Å²) in [6, 6.07) is 3.50. The topological polar surface area (TPSA) is 59.6 Å². The summed E-state index contributed by atoms with van der Waals surface area (Å²) in [6.07, 6.45) is 1.27. The molecule has 0 fully saturated rings. The summed E-state index contributed by atoms with van der Waals surface area (Å²) in [4.78, 5) is 11.8. The summed E-state index contributed by atoms with van der Waals surface area (Å²) in [5.41, 5.74) is 0.673. The Morgan fingerprint density at radius 3 is 2.47 bits per heavy atom. The predicted octanol–water partition coefficient (Wildman–Crippen LogP) is 2.40. The van der Waals surface area contributed by atoms with Crippen molar-refractivity contribution in [3.05, 3.63) is 16.6 Å². The molecule has 0 spiro atoms. The molecule has 1 aromatic carbocycles. The lowest BCUT2D eigenvalue weighted by molar-refractivity contribution is -0.116. The van der Waals surface area contributed by atoms with Crippen LogP contribution in [0.5, 0.6) is 11.5 Å². The smallest absolute Gasteiger partial charge is 0.224 e. The van der Waals surface area contributed by atoms with Gasteiger partial charge in [0.1, 0.15) is 0 Å². The van der Waals surface area contributed by atoms with Gasteiger partial charge in [-0.3, -0.25) is 4.79 Å². The third-order valence-electron chi connectivity index (χ3n) is 2.58. The molecule has 0 saturated heterocycles. The molecular formula is C13H19BrN2O3. The van der Waals surface area contributed by atoms with Crippen LogP contribution in [0.3, 0.4) is 0 Å². The number of carbonyl (C=O) groups excluding carboxylic acids is 1. The van der Waals surface area contributed by atoms with E-state index in [1.165, 1.54) is 0 Å². The van der Waals surface area contributed by atoms with Crippen molar-refractivity contribution in [2.75, 3.05) is 33.1 Å². The van der Waals surface area contributed by atoms with Crippen LogP contribution in [0.1, 0.15) is 12.8 Å². The van der Waals surface area contributed by atoms with Gasteiger partial charge in [0, 0.05) is 23.0 Å².